The van der Waals surface area contributed by atoms with E-state index in [2.05, 4.69) is 63.3 Å². The van der Waals surface area contributed by atoms with E-state index in [1.165, 1.54) is 5.56 Å². The lowest BCUT2D eigenvalue weighted by Crippen LogP contribution is -2.05. The number of aromatic amines is 1. The van der Waals surface area contributed by atoms with Crippen LogP contribution in [-0.2, 0) is 13.0 Å². The average Bonchev–Trinajstić information content (AvgIpc) is 3.58. The van der Waals surface area contributed by atoms with Gasteiger partial charge in [-0.1, -0.05) is 37.3 Å². The molecule has 6 rings (SSSR count). The number of hydrogen-bond donors (Lipinski definition) is 1. The molecule has 0 spiro atoms. The molecule has 8 nitrogen and oxygen atoms in total. The Hall–Kier alpha value is -4.33. The van der Waals surface area contributed by atoms with E-state index < -0.39 is 0 Å². The first kappa shape index (κ1) is 20.3. The minimum atomic E-state index is 0.536. The fraction of sp³-hybridized carbons (Fsp3) is 0.192. The van der Waals surface area contributed by atoms with Crippen LogP contribution in [0.2, 0.25) is 0 Å². The number of imidazole rings is 1. The summed E-state index contributed by atoms with van der Waals surface area (Å²) in [5.41, 5.74) is 7.87. The van der Waals surface area contributed by atoms with Gasteiger partial charge in [0, 0.05) is 28.6 Å². The smallest absolute Gasteiger partial charge is 0.205 e. The van der Waals surface area contributed by atoms with Gasteiger partial charge in [0.05, 0.1) is 6.54 Å². The van der Waals surface area contributed by atoms with E-state index in [0.29, 0.717) is 12.4 Å². The molecule has 34 heavy (non-hydrogen) atoms. The average molecular weight is 450 g/mol. The van der Waals surface area contributed by atoms with Crippen molar-refractivity contribution in [2.24, 2.45) is 0 Å². The zero-order valence-electron chi connectivity index (χ0n) is 19.2. The lowest BCUT2D eigenvalue weighted by atomic mass is 10.0. The molecule has 0 aliphatic rings. The van der Waals surface area contributed by atoms with E-state index in [4.69, 9.17) is 14.4 Å². The summed E-state index contributed by atoms with van der Waals surface area (Å²) in [5.74, 6) is 2.34. The Balaban J connectivity index is 1.41. The van der Waals surface area contributed by atoms with Crippen molar-refractivity contribution >= 4 is 22.1 Å². The zero-order chi connectivity index (χ0) is 23.2. The minimum Gasteiger partial charge on any atom is -0.456 e. The number of H-pyrrole nitrogens is 1. The van der Waals surface area contributed by atoms with Crippen molar-refractivity contribution in [3.8, 4) is 22.7 Å². The van der Waals surface area contributed by atoms with Crippen molar-refractivity contribution in [3.63, 3.8) is 0 Å². The van der Waals surface area contributed by atoms with Crippen molar-refractivity contribution in [1.29, 1.82) is 0 Å². The molecule has 0 amide bonds. The first-order valence-electron chi connectivity index (χ1n) is 11.3. The van der Waals surface area contributed by atoms with Crippen molar-refractivity contribution in [3.05, 3.63) is 77.2 Å². The van der Waals surface area contributed by atoms with Crippen LogP contribution in [0.3, 0.4) is 0 Å². The molecule has 0 saturated carbocycles. The van der Waals surface area contributed by atoms with E-state index in [-0.39, 0.29) is 0 Å². The normalized spacial score (nSPS) is 11.6. The van der Waals surface area contributed by atoms with Crippen molar-refractivity contribution in [2.45, 2.75) is 33.7 Å². The Kier molecular flexibility index (Phi) is 4.72. The van der Waals surface area contributed by atoms with E-state index in [9.17, 15) is 0 Å². The molecule has 8 heteroatoms. The number of aryl methyl sites for hydroxylation is 3. The van der Waals surface area contributed by atoms with Gasteiger partial charge in [0.1, 0.15) is 22.7 Å². The molecule has 0 bridgehead atoms. The summed E-state index contributed by atoms with van der Waals surface area (Å²) in [7, 11) is 0. The third kappa shape index (κ3) is 3.35. The third-order valence-corrected chi connectivity index (χ3v) is 6.12. The minimum absolute atomic E-state index is 0.536. The number of hydrogen-bond acceptors (Lipinski definition) is 6. The Morgan fingerprint density at radius 1 is 0.971 bits per heavy atom. The third-order valence-electron chi connectivity index (χ3n) is 6.12. The predicted molar refractivity (Wildman–Crippen MR) is 130 cm³/mol. The molecule has 6 aromatic rings. The number of nitrogens with one attached hydrogen (secondary N) is 1. The van der Waals surface area contributed by atoms with E-state index in [1.54, 1.807) is 0 Å². The molecule has 4 aromatic heterocycles. The van der Waals surface area contributed by atoms with E-state index in [0.717, 1.165) is 62.5 Å². The lowest BCUT2D eigenvalue weighted by molar-refractivity contribution is 0.631. The Morgan fingerprint density at radius 2 is 1.82 bits per heavy atom. The molecule has 0 radical (unpaired) electrons. The van der Waals surface area contributed by atoms with Gasteiger partial charge in [-0.15, -0.1) is 10.2 Å². The number of furan rings is 1. The molecule has 4 heterocycles. The molecule has 0 fully saturated rings. The van der Waals surface area contributed by atoms with Crippen LogP contribution < -0.4 is 0 Å². The van der Waals surface area contributed by atoms with Crippen molar-refractivity contribution in [1.82, 2.24) is 35.2 Å². The second-order valence-electron chi connectivity index (χ2n) is 8.48. The van der Waals surface area contributed by atoms with Crippen LogP contribution in [0.4, 0.5) is 0 Å². The van der Waals surface area contributed by atoms with Crippen LogP contribution in [0.25, 0.3) is 44.8 Å². The van der Waals surface area contributed by atoms with Gasteiger partial charge in [0.2, 0.25) is 5.82 Å². The van der Waals surface area contributed by atoms with Crippen LogP contribution >= 0.6 is 0 Å². The fourth-order valence-corrected chi connectivity index (χ4v) is 4.56. The zero-order valence-corrected chi connectivity index (χ0v) is 19.2. The number of fused-ring (bicyclic) bond motifs is 2. The maximum absolute atomic E-state index is 6.21. The van der Waals surface area contributed by atoms with Gasteiger partial charge < -0.3 is 8.98 Å². The van der Waals surface area contributed by atoms with Crippen molar-refractivity contribution in [2.75, 3.05) is 0 Å². The quantitative estimate of drug-likeness (QED) is 0.386. The van der Waals surface area contributed by atoms with E-state index in [1.807, 2.05) is 37.3 Å². The lowest BCUT2D eigenvalue weighted by Gasteiger charge is -2.08. The van der Waals surface area contributed by atoms with Gasteiger partial charge in [0.25, 0.3) is 0 Å². The molecular weight excluding hydrogens is 426 g/mol. The van der Waals surface area contributed by atoms with Crippen LogP contribution in [0.1, 0.15) is 29.6 Å². The van der Waals surface area contributed by atoms with Gasteiger partial charge in [-0.05, 0) is 54.5 Å². The SMILES string of the molecule is CCc1nc2c(C)cc(C)nc2n1Cc1ccc2oc(-c3ccccc3-c3nn[nH]n3)cc2c1. The highest BCUT2D eigenvalue weighted by molar-refractivity contribution is 5.87. The number of nitrogens with zero attached hydrogens (tertiary/aromatic N) is 6. The monoisotopic (exact) mass is 449 g/mol. The standard InChI is InChI=1S/C26H23N7O/c1-4-23-28-24-15(2)11-16(3)27-26(24)33(23)14-17-9-10-21-18(12-17)13-22(34-21)19-7-5-6-8-20(19)25-29-31-32-30-25/h5-13H,4,14H2,1-3H3,(H,29,30,31,32). The van der Waals surface area contributed by atoms with E-state index >= 15 is 0 Å². The number of pyridine rings is 1. The fourth-order valence-electron chi connectivity index (χ4n) is 4.56. The number of aromatic nitrogens is 7. The van der Waals surface area contributed by atoms with Gasteiger partial charge >= 0.3 is 0 Å². The molecule has 0 unspecified atom stereocenters. The summed E-state index contributed by atoms with van der Waals surface area (Å²) in [4.78, 5) is 9.67. The summed E-state index contributed by atoms with van der Waals surface area (Å²) in [6, 6.07) is 18.4. The van der Waals surface area contributed by atoms with Gasteiger partial charge in [-0.2, -0.15) is 5.21 Å². The second kappa shape index (κ2) is 7.91. The molecule has 0 saturated heterocycles. The van der Waals surface area contributed by atoms with Crippen molar-refractivity contribution < 1.29 is 4.42 Å². The highest BCUT2D eigenvalue weighted by Crippen LogP contribution is 2.34. The number of rotatable bonds is 5. The maximum Gasteiger partial charge on any atom is 0.205 e. The molecular formula is C26H23N7O. The summed E-state index contributed by atoms with van der Waals surface area (Å²) in [6.45, 7) is 6.96. The van der Waals surface area contributed by atoms with Gasteiger partial charge in [0.15, 0.2) is 5.65 Å². The predicted octanol–water partition coefficient (Wildman–Crippen LogP) is 5.25. The molecule has 0 aliphatic heterocycles. The van der Waals surface area contributed by atoms with Crippen LogP contribution in [-0.4, -0.2) is 35.2 Å². The van der Waals surface area contributed by atoms with Crippen LogP contribution in [0, 0.1) is 13.8 Å². The molecule has 1 N–H and O–H groups in total. The number of tetrazole rings is 1. The Morgan fingerprint density at radius 3 is 2.62 bits per heavy atom. The molecule has 0 atom stereocenters. The van der Waals surface area contributed by atoms with Crippen LogP contribution in [0.15, 0.2) is 59.0 Å². The largest absolute Gasteiger partial charge is 0.456 e. The summed E-state index contributed by atoms with van der Waals surface area (Å²) in [6.07, 6.45) is 0.847. The molecule has 168 valence electrons. The first-order valence-corrected chi connectivity index (χ1v) is 11.3. The van der Waals surface area contributed by atoms with Crippen LogP contribution in [0.5, 0.6) is 0 Å². The topological polar surface area (TPSA) is 98.3 Å². The Bertz CT molecular complexity index is 1640. The highest BCUT2D eigenvalue weighted by atomic mass is 16.3. The van der Waals surface area contributed by atoms with Gasteiger partial charge in [-0.25, -0.2) is 9.97 Å². The molecule has 2 aromatic carbocycles. The highest BCUT2D eigenvalue weighted by Gasteiger charge is 2.16. The first-order chi connectivity index (χ1) is 16.6. The second-order valence-corrected chi connectivity index (χ2v) is 8.48. The summed E-state index contributed by atoms with van der Waals surface area (Å²) in [5, 5.41) is 15.5. The Labute approximate surface area is 195 Å². The number of benzene rings is 2. The maximum atomic E-state index is 6.21. The summed E-state index contributed by atoms with van der Waals surface area (Å²) < 4.78 is 8.44. The van der Waals surface area contributed by atoms with Gasteiger partial charge in [-0.3, -0.25) is 0 Å². The molecule has 0 aliphatic carbocycles. The summed E-state index contributed by atoms with van der Waals surface area (Å²) >= 11 is 0.